The Morgan fingerprint density at radius 3 is 2.64 bits per heavy atom. The highest BCUT2D eigenvalue weighted by Crippen LogP contribution is 2.25. The molecular weight excluding hydrogens is 182 g/mol. The molecule has 0 unspecified atom stereocenters. The highest BCUT2D eigenvalue weighted by Gasteiger charge is 2.13. The summed E-state index contributed by atoms with van der Waals surface area (Å²) in [6.07, 6.45) is 0. The van der Waals surface area contributed by atoms with Gasteiger partial charge in [-0.2, -0.15) is 0 Å². The Bertz CT molecular complexity index is 363. The Balaban J connectivity index is 3.28. The molecule has 0 aliphatic carbocycles. The maximum atomic E-state index is 11.3. The van der Waals surface area contributed by atoms with E-state index in [2.05, 4.69) is 10.2 Å². The van der Waals surface area contributed by atoms with Crippen LogP contribution < -0.4 is 17.0 Å². The van der Waals surface area contributed by atoms with E-state index in [0.717, 1.165) is 0 Å². The second-order valence-corrected chi connectivity index (χ2v) is 2.84. The van der Waals surface area contributed by atoms with E-state index in [4.69, 9.17) is 11.6 Å². The minimum atomic E-state index is -0.404. The van der Waals surface area contributed by atoms with Crippen molar-refractivity contribution in [3.8, 4) is 0 Å². The van der Waals surface area contributed by atoms with Crippen molar-refractivity contribution in [3.63, 3.8) is 0 Å². The SMILES string of the molecule is COC(=O)c1ccc(N)c(NN)c1C. The van der Waals surface area contributed by atoms with Gasteiger partial charge < -0.3 is 15.9 Å². The summed E-state index contributed by atoms with van der Waals surface area (Å²) < 4.78 is 4.61. The first-order valence-corrected chi connectivity index (χ1v) is 4.05. The Labute approximate surface area is 82.0 Å². The lowest BCUT2D eigenvalue weighted by molar-refractivity contribution is 0.0600. The van der Waals surface area contributed by atoms with E-state index in [1.807, 2.05) is 0 Å². The van der Waals surface area contributed by atoms with Gasteiger partial charge in [-0.25, -0.2) is 4.79 Å². The molecule has 1 aromatic rings. The normalized spacial score (nSPS) is 9.64. The molecule has 76 valence electrons. The largest absolute Gasteiger partial charge is 0.465 e. The van der Waals surface area contributed by atoms with Crippen molar-refractivity contribution >= 4 is 17.3 Å². The molecule has 0 spiro atoms. The first-order valence-electron chi connectivity index (χ1n) is 4.05. The van der Waals surface area contributed by atoms with E-state index in [1.165, 1.54) is 7.11 Å². The zero-order valence-corrected chi connectivity index (χ0v) is 8.13. The van der Waals surface area contributed by atoms with E-state index in [0.29, 0.717) is 22.5 Å². The lowest BCUT2D eigenvalue weighted by Gasteiger charge is -2.11. The number of nitrogens with one attached hydrogen (secondary N) is 1. The Morgan fingerprint density at radius 2 is 2.14 bits per heavy atom. The van der Waals surface area contributed by atoms with Crippen LogP contribution in [0.2, 0.25) is 0 Å². The summed E-state index contributed by atoms with van der Waals surface area (Å²) in [5.74, 6) is 4.88. The Morgan fingerprint density at radius 1 is 1.50 bits per heavy atom. The van der Waals surface area contributed by atoms with E-state index in [1.54, 1.807) is 19.1 Å². The van der Waals surface area contributed by atoms with Crippen molar-refractivity contribution in [2.75, 3.05) is 18.3 Å². The topological polar surface area (TPSA) is 90.4 Å². The minimum Gasteiger partial charge on any atom is -0.465 e. The number of esters is 1. The molecule has 0 radical (unpaired) electrons. The third kappa shape index (κ3) is 1.62. The number of benzene rings is 1. The van der Waals surface area contributed by atoms with Gasteiger partial charge in [0.05, 0.1) is 24.0 Å². The van der Waals surface area contributed by atoms with Crippen LogP contribution in [0.5, 0.6) is 0 Å². The average Bonchev–Trinajstić information content (AvgIpc) is 2.18. The van der Waals surface area contributed by atoms with Crippen LogP contribution in [-0.4, -0.2) is 13.1 Å². The molecule has 0 aliphatic rings. The summed E-state index contributed by atoms with van der Waals surface area (Å²) in [7, 11) is 1.33. The van der Waals surface area contributed by atoms with Gasteiger partial charge in [0.25, 0.3) is 0 Å². The monoisotopic (exact) mass is 195 g/mol. The van der Waals surface area contributed by atoms with Gasteiger partial charge in [-0.05, 0) is 24.6 Å². The van der Waals surface area contributed by atoms with Crippen molar-refractivity contribution in [1.29, 1.82) is 0 Å². The van der Waals surface area contributed by atoms with Gasteiger partial charge in [0.1, 0.15) is 0 Å². The van der Waals surface area contributed by atoms with Crippen LogP contribution in [0.15, 0.2) is 12.1 Å². The number of hydrogen-bond acceptors (Lipinski definition) is 5. The summed E-state index contributed by atoms with van der Waals surface area (Å²) in [4.78, 5) is 11.3. The number of hydrazine groups is 1. The predicted molar refractivity (Wildman–Crippen MR) is 54.7 cm³/mol. The first-order chi connectivity index (χ1) is 6.61. The zero-order valence-electron chi connectivity index (χ0n) is 8.13. The van der Waals surface area contributed by atoms with Gasteiger partial charge in [0.15, 0.2) is 0 Å². The lowest BCUT2D eigenvalue weighted by Crippen LogP contribution is -2.13. The van der Waals surface area contributed by atoms with Crippen molar-refractivity contribution in [2.24, 2.45) is 5.84 Å². The number of methoxy groups -OCH3 is 1. The fraction of sp³-hybridized carbons (Fsp3) is 0.222. The minimum absolute atomic E-state index is 0.404. The molecule has 0 saturated heterocycles. The van der Waals surface area contributed by atoms with Gasteiger partial charge in [-0.3, -0.25) is 5.84 Å². The molecule has 0 heterocycles. The molecule has 0 amide bonds. The maximum absolute atomic E-state index is 11.3. The zero-order chi connectivity index (χ0) is 10.7. The summed E-state index contributed by atoms with van der Waals surface area (Å²) in [5, 5.41) is 0. The Hall–Kier alpha value is -1.75. The van der Waals surface area contributed by atoms with Crippen molar-refractivity contribution in [3.05, 3.63) is 23.3 Å². The second-order valence-electron chi connectivity index (χ2n) is 2.84. The van der Waals surface area contributed by atoms with E-state index >= 15 is 0 Å². The van der Waals surface area contributed by atoms with Crippen LogP contribution in [0.1, 0.15) is 15.9 Å². The number of hydrogen-bond donors (Lipinski definition) is 3. The number of anilines is 2. The summed E-state index contributed by atoms with van der Waals surface area (Å²) in [6, 6.07) is 3.21. The number of carbonyl (C=O) groups excluding carboxylic acids is 1. The van der Waals surface area contributed by atoms with E-state index in [9.17, 15) is 4.79 Å². The highest BCUT2D eigenvalue weighted by atomic mass is 16.5. The molecule has 0 aromatic heterocycles. The fourth-order valence-electron chi connectivity index (χ4n) is 1.26. The van der Waals surface area contributed by atoms with Gasteiger partial charge >= 0.3 is 5.97 Å². The second kappa shape index (κ2) is 3.97. The van der Waals surface area contributed by atoms with Crippen LogP contribution in [0, 0.1) is 6.92 Å². The highest BCUT2D eigenvalue weighted by molar-refractivity contribution is 5.94. The molecule has 5 N–H and O–H groups in total. The van der Waals surface area contributed by atoms with Crippen LogP contribution >= 0.6 is 0 Å². The predicted octanol–water partition coefficient (Wildman–Crippen LogP) is 0.649. The van der Waals surface area contributed by atoms with Crippen LogP contribution in [-0.2, 0) is 4.74 Å². The molecule has 5 nitrogen and oxygen atoms in total. The Kier molecular flexibility index (Phi) is 2.93. The third-order valence-electron chi connectivity index (χ3n) is 2.05. The van der Waals surface area contributed by atoms with Gasteiger partial charge in [-0.15, -0.1) is 0 Å². The number of rotatable bonds is 2. The molecule has 0 fully saturated rings. The number of nitrogen functional groups attached to an aromatic ring is 2. The molecule has 0 aliphatic heterocycles. The lowest BCUT2D eigenvalue weighted by atomic mass is 10.1. The van der Waals surface area contributed by atoms with E-state index < -0.39 is 5.97 Å². The van der Waals surface area contributed by atoms with Gasteiger partial charge in [-0.1, -0.05) is 0 Å². The quantitative estimate of drug-likeness (QED) is 0.279. The molecule has 1 aromatic carbocycles. The molecule has 0 bridgehead atoms. The smallest absolute Gasteiger partial charge is 0.338 e. The number of carbonyl (C=O) groups is 1. The summed E-state index contributed by atoms with van der Waals surface area (Å²) in [6.45, 7) is 1.75. The summed E-state index contributed by atoms with van der Waals surface area (Å²) in [5.41, 5.74) is 10.3. The average molecular weight is 195 g/mol. The van der Waals surface area contributed by atoms with E-state index in [-0.39, 0.29) is 0 Å². The van der Waals surface area contributed by atoms with Crippen molar-refractivity contribution in [1.82, 2.24) is 0 Å². The molecule has 14 heavy (non-hydrogen) atoms. The van der Waals surface area contributed by atoms with Crippen molar-refractivity contribution in [2.45, 2.75) is 6.92 Å². The van der Waals surface area contributed by atoms with Crippen LogP contribution in [0.25, 0.3) is 0 Å². The first kappa shape index (κ1) is 10.3. The molecule has 1 rings (SSSR count). The fourth-order valence-corrected chi connectivity index (χ4v) is 1.26. The van der Waals surface area contributed by atoms with Crippen molar-refractivity contribution < 1.29 is 9.53 Å². The van der Waals surface area contributed by atoms with Crippen LogP contribution in [0.4, 0.5) is 11.4 Å². The molecule has 5 heteroatoms. The standard InChI is InChI=1S/C9H13N3O2/c1-5-6(9(13)14-2)3-4-7(10)8(5)12-11/h3-4,12H,10-11H2,1-2H3. The van der Waals surface area contributed by atoms with Gasteiger partial charge in [0, 0.05) is 0 Å². The van der Waals surface area contributed by atoms with Gasteiger partial charge in [0.2, 0.25) is 0 Å². The molecule has 0 atom stereocenters. The number of ether oxygens (including phenoxy) is 1. The number of nitrogens with two attached hydrogens (primary N) is 2. The molecular formula is C9H13N3O2. The summed E-state index contributed by atoms with van der Waals surface area (Å²) >= 11 is 0. The van der Waals surface area contributed by atoms with Crippen LogP contribution in [0.3, 0.4) is 0 Å². The third-order valence-corrected chi connectivity index (χ3v) is 2.05. The maximum Gasteiger partial charge on any atom is 0.338 e. The molecule has 0 saturated carbocycles.